The second kappa shape index (κ2) is 7.43. The molecule has 6 nitrogen and oxygen atoms in total. The fraction of sp³-hybridized carbons (Fsp3) is 0.450. The first-order valence-corrected chi connectivity index (χ1v) is 9.39. The van der Waals surface area contributed by atoms with Crippen LogP contribution in [0.5, 0.6) is 5.75 Å². The number of nitriles is 1. The van der Waals surface area contributed by atoms with E-state index in [1.54, 1.807) is 19.5 Å². The van der Waals surface area contributed by atoms with E-state index < -0.39 is 11.7 Å². The number of fused-ring (bicyclic) bond motifs is 1. The third-order valence-electron chi connectivity index (χ3n) is 5.75. The van der Waals surface area contributed by atoms with Gasteiger partial charge in [0, 0.05) is 25.7 Å². The molecule has 1 aromatic carbocycles. The number of methoxy groups -OCH3 is 1. The van der Waals surface area contributed by atoms with Crippen molar-refractivity contribution in [3.8, 4) is 11.8 Å². The van der Waals surface area contributed by atoms with Crippen molar-refractivity contribution < 1.29 is 17.9 Å². The quantitative estimate of drug-likeness (QED) is 0.782. The molecule has 2 aromatic rings. The van der Waals surface area contributed by atoms with Crippen LogP contribution >= 0.6 is 0 Å². The van der Waals surface area contributed by atoms with Gasteiger partial charge in [-0.1, -0.05) is 0 Å². The van der Waals surface area contributed by atoms with Crippen LogP contribution in [0.4, 0.5) is 24.8 Å². The molecule has 2 aliphatic rings. The summed E-state index contributed by atoms with van der Waals surface area (Å²) < 4.78 is 44.2. The van der Waals surface area contributed by atoms with Crippen LogP contribution in [0.25, 0.3) is 0 Å². The van der Waals surface area contributed by atoms with Gasteiger partial charge in [0.25, 0.3) is 0 Å². The van der Waals surface area contributed by atoms with Crippen LogP contribution in [-0.4, -0.2) is 42.8 Å². The Morgan fingerprint density at radius 3 is 2.55 bits per heavy atom. The van der Waals surface area contributed by atoms with Gasteiger partial charge in [0.05, 0.1) is 36.3 Å². The van der Waals surface area contributed by atoms with Crippen LogP contribution in [0.15, 0.2) is 30.6 Å². The van der Waals surface area contributed by atoms with Gasteiger partial charge in [0.2, 0.25) is 5.95 Å². The van der Waals surface area contributed by atoms with E-state index in [2.05, 4.69) is 19.8 Å². The largest absolute Gasteiger partial charge is 0.494 e. The summed E-state index contributed by atoms with van der Waals surface area (Å²) in [6.07, 6.45) is 0.660. The Balaban J connectivity index is 1.59. The first-order chi connectivity index (χ1) is 13.9. The Kier molecular flexibility index (Phi) is 4.94. The van der Waals surface area contributed by atoms with Crippen molar-refractivity contribution in [3.63, 3.8) is 0 Å². The highest BCUT2D eigenvalue weighted by Crippen LogP contribution is 2.39. The highest BCUT2D eigenvalue weighted by Gasteiger charge is 2.40. The number of nitrogens with zero attached hydrogens (tertiary/aromatic N) is 5. The number of piperidine rings is 1. The van der Waals surface area contributed by atoms with E-state index in [4.69, 9.17) is 4.74 Å². The smallest absolute Gasteiger partial charge is 0.416 e. The lowest BCUT2D eigenvalue weighted by Gasteiger charge is -2.39. The number of anilines is 2. The lowest BCUT2D eigenvalue weighted by Crippen LogP contribution is -2.49. The molecule has 0 N–H and O–H groups in total. The average Bonchev–Trinajstić information content (AvgIpc) is 3.15. The van der Waals surface area contributed by atoms with Crippen LogP contribution in [-0.2, 0) is 6.18 Å². The molecule has 0 aliphatic carbocycles. The Bertz CT molecular complexity index is 925. The Morgan fingerprint density at radius 1 is 1.17 bits per heavy atom. The van der Waals surface area contributed by atoms with Crippen molar-refractivity contribution in [1.82, 2.24) is 9.97 Å². The summed E-state index contributed by atoms with van der Waals surface area (Å²) in [5.74, 6) is 1.61. The summed E-state index contributed by atoms with van der Waals surface area (Å²) in [5, 5.41) is 9.46. The molecule has 2 fully saturated rings. The third kappa shape index (κ3) is 3.67. The number of halogens is 3. The molecule has 0 spiro atoms. The van der Waals surface area contributed by atoms with E-state index >= 15 is 0 Å². The number of ether oxygens (including phenoxy) is 1. The maximum Gasteiger partial charge on any atom is 0.416 e. The van der Waals surface area contributed by atoms with Gasteiger partial charge >= 0.3 is 6.18 Å². The van der Waals surface area contributed by atoms with E-state index in [1.807, 2.05) is 6.07 Å². The molecule has 1 aromatic heterocycles. The van der Waals surface area contributed by atoms with Gasteiger partial charge in [-0.3, -0.25) is 0 Å². The van der Waals surface area contributed by atoms with Crippen molar-refractivity contribution in [1.29, 1.82) is 5.26 Å². The number of aromatic nitrogens is 2. The number of rotatable bonds is 3. The van der Waals surface area contributed by atoms with Crippen LogP contribution in [0, 0.1) is 17.2 Å². The van der Waals surface area contributed by atoms with Gasteiger partial charge in [0.15, 0.2) is 5.75 Å². The van der Waals surface area contributed by atoms with E-state index in [9.17, 15) is 18.4 Å². The molecule has 2 saturated heterocycles. The lowest BCUT2D eigenvalue weighted by molar-refractivity contribution is -0.137. The van der Waals surface area contributed by atoms with Gasteiger partial charge in [-0.25, -0.2) is 9.97 Å². The van der Waals surface area contributed by atoms with Gasteiger partial charge in [-0.15, -0.1) is 0 Å². The molecule has 2 unspecified atom stereocenters. The maximum absolute atomic E-state index is 13.0. The fourth-order valence-electron chi connectivity index (χ4n) is 4.25. The molecule has 29 heavy (non-hydrogen) atoms. The molecule has 0 bridgehead atoms. The molecular weight excluding hydrogens is 383 g/mol. The SMILES string of the molecule is COc1cnc(N2CCC3CCN(c4ccc(C(F)(F)F)cc4C#N)C3C2)nc1. The highest BCUT2D eigenvalue weighted by molar-refractivity contribution is 5.62. The van der Waals surface area contributed by atoms with Crippen LogP contribution in [0.3, 0.4) is 0 Å². The van der Waals surface area contributed by atoms with Gasteiger partial charge in [-0.2, -0.15) is 18.4 Å². The zero-order valence-corrected chi connectivity index (χ0v) is 15.9. The number of hydrogen-bond acceptors (Lipinski definition) is 6. The van der Waals surface area contributed by atoms with Crippen molar-refractivity contribution in [2.24, 2.45) is 5.92 Å². The molecule has 9 heteroatoms. The second-order valence-electron chi connectivity index (χ2n) is 7.31. The first kappa shape index (κ1) is 19.3. The molecule has 4 rings (SSSR count). The molecule has 3 heterocycles. The minimum Gasteiger partial charge on any atom is -0.494 e. The van der Waals surface area contributed by atoms with Crippen molar-refractivity contribution in [2.45, 2.75) is 25.1 Å². The first-order valence-electron chi connectivity index (χ1n) is 9.39. The Labute approximate surface area is 166 Å². The zero-order valence-electron chi connectivity index (χ0n) is 15.9. The van der Waals surface area contributed by atoms with E-state index in [0.717, 1.165) is 31.5 Å². The van der Waals surface area contributed by atoms with E-state index in [1.165, 1.54) is 6.07 Å². The zero-order chi connectivity index (χ0) is 20.6. The Hall–Kier alpha value is -3.02. The van der Waals surface area contributed by atoms with Crippen LogP contribution in [0.1, 0.15) is 24.0 Å². The summed E-state index contributed by atoms with van der Waals surface area (Å²) in [7, 11) is 1.55. The lowest BCUT2D eigenvalue weighted by atomic mass is 9.92. The Morgan fingerprint density at radius 2 is 1.90 bits per heavy atom. The van der Waals surface area contributed by atoms with E-state index in [0.29, 0.717) is 36.4 Å². The number of hydrogen-bond donors (Lipinski definition) is 0. The summed E-state index contributed by atoms with van der Waals surface area (Å²) >= 11 is 0. The van der Waals surface area contributed by atoms with Crippen LogP contribution in [0.2, 0.25) is 0 Å². The topological polar surface area (TPSA) is 65.3 Å². The second-order valence-corrected chi connectivity index (χ2v) is 7.31. The molecule has 0 saturated carbocycles. The number of benzene rings is 1. The summed E-state index contributed by atoms with van der Waals surface area (Å²) in [4.78, 5) is 12.8. The van der Waals surface area contributed by atoms with Gasteiger partial charge in [-0.05, 0) is 37.0 Å². The molecule has 2 aliphatic heterocycles. The molecule has 2 atom stereocenters. The molecular formula is C20H20F3N5O. The summed E-state index contributed by atoms with van der Waals surface area (Å²) in [5.41, 5.74) is -0.186. The monoisotopic (exact) mass is 403 g/mol. The van der Waals surface area contributed by atoms with Crippen molar-refractivity contribution >= 4 is 11.6 Å². The molecule has 0 amide bonds. The third-order valence-corrected chi connectivity index (χ3v) is 5.75. The fourth-order valence-corrected chi connectivity index (χ4v) is 4.25. The van der Waals surface area contributed by atoms with Crippen molar-refractivity contribution in [2.75, 3.05) is 36.5 Å². The van der Waals surface area contributed by atoms with Gasteiger partial charge in [0.1, 0.15) is 6.07 Å². The molecule has 0 radical (unpaired) electrons. The predicted octanol–water partition coefficient (Wildman–Crippen LogP) is 3.48. The standard InChI is InChI=1S/C20H20F3N5O/c1-29-16-10-25-19(26-11-16)27-6-4-13-5-7-28(18(13)12-27)17-3-2-15(20(21,22)23)8-14(17)9-24/h2-3,8,10-11,13,18H,4-7,12H2,1H3. The average molecular weight is 403 g/mol. The summed E-state index contributed by atoms with van der Waals surface area (Å²) in [6, 6.07) is 5.45. The minimum atomic E-state index is -4.47. The van der Waals surface area contributed by atoms with Crippen molar-refractivity contribution in [3.05, 3.63) is 41.7 Å². The molecule has 152 valence electrons. The van der Waals surface area contributed by atoms with Crippen LogP contribution < -0.4 is 14.5 Å². The van der Waals surface area contributed by atoms with E-state index in [-0.39, 0.29) is 11.6 Å². The van der Waals surface area contributed by atoms with Gasteiger partial charge < -0.3 is 14.5 Å². The maximum atomic E-state index is 13.0. The normalized spacial score (nSPS) is 21.6. The number of alkyl halides is 3. The predicted molar refractivity (Wildman–Crippen MR) is 101 cm³/mol. The minimum absolute atomic E-state index is 0.0540. The summed E-state index contributed by atoms with van der Waals surface area (Å²) in [6.45, 7) is 2.19. The highest BCUT2D eigenvalue weighted by atomic mass is 19.4.